The fourth-order valence-electron chi connectivity index (χ4n) is 4.63. The summed E-state index contributed by atoms with van der Waals surface area (Å²) in [5.41, 5.74) is 1.84. The molecule has 0 aromatic heterocycles. The van der Waals surface area contributed by atoms with E-state index in [1.165, 1.54) is 18.7 Å². The molecule has 0 amide bonds. The number of phenols is 3. The molecule has 0 radical (unpaired) electrons. The highest BCUT2D eigenvalue weighted by Gasteiger charge is 2.42. The number of aliphatic hydroxyl groups is 1. The van der Waals surface area contributed by atoms with Gasteiger partial charge in [0.15, 0.2) is 11.5 Å². The van der Waals surface area contributed by atoms with Crippen LogP contribution >= 0.6 is 0 Å². The molecule has 1 heterocycles. The zero-order valence-electron chi connectivity index (χ0n) is 15.8. The number of benzene rings is 2. The first-order valence-electron chi connectivity index (χ1n) is 9.68. The number of ether oxygens (including phenoxy) is 2. The van der Waals surface area contributed by atoms with E-state index in [2.05, 4.69) is 0 Å². The molecule has 1 aliphatic heterocycles. The first kappa shape index (κ1) is 18.9. The molecule has 4 rings (SSSR count). The molecule has 2 aromatic carbocycles. The summed E-state index contributed by atoms with van der Waals surface area (Å²) in [7, 11) is 1.42. The zero-order valence-corrected chi connectivity index (χ0v) is 15.8. The lowest BCUT2D eigenvalue weighted by Crippen LogP contribution is -2.44. The van der Waals surface area contributed by atoms with E-state index in [0.29, 0.717) is 17.9 Å². The summed E-state index contributed by atoms with van der Waals surface area (Å²) in [5.74, 6) is 0.280. The molecule has 1 saturated heterocycles. The van der Waals surface area contributed by atoms with Crippen LogP contribution in [0.25, 0.3) is 0 Å². The van der Waals surface area contributed by atoms with E-state index >= 15 is 0 Å². The van der Waals surface area contributed by atoms with E-state index in [-0.39, 0.29) is 41.1 Å². The normalized spacial score (nSPS) is 29.9. The first-order valence-corrected chi connectivity index (χ1v) is 9.68. The van der Waals surface area contributed by atoms with Crippen molar-refractivity contribution in [2.45, 2.75) is 49.9 Å². The van der Waals surface area contributed by atoms with Crippen LogP contribution in [0.2, 0.25) is 0 Å². The Kier molecular flexibility index (Phi) is 5.08. The maximum Gasteiger partial charge on any atom is 0.200 e. The van der Waals surface area contributed by atoms with E-state index in [9.17, 15) is 20.4 Å². The summed E-state index contributed by atoms with van der Waals surface area (Å²) in [6.45, 7) is 0. The third-order valence-corrected chi connectivity index (χ3v) is 6.17. The van der Waals surface area contributed by atoms with Gasteiger partial charge in [-0.15, -0.1) is 0 Å². The van der Waals surface area contributed by atoms with Crippen LogP contribution < -0.4 is 4.74 Å². The van der Waals surface area contributed by atoms with Gasteiger partial charge in [0.2, 0.25) is 5.75 Å². The highest BCUT2D eigenvalue weighted by molar-refractivity contribution is 5.52. The molecule has 6 heteroatoms. The van der Waals surface area contributed by atoms with Crippen molar-refractivity contribution in [3.05, 3.63) is 47.5 Å². The van der Waals surface area contributed by atoms with Crippen molar-refractivity contribution in [1.82, 2.24) is 0 Å². The maximum atomic E-state index is 10.7. The highest BCUT2D eigenvalue weighted by Crippen LogP contribution is 2.47. The Morgan fingerprint density at radius 2 is 1.71 bits per heavy atom. The lowest BCUT2D eigenvalue weighted by molar-refractivity contribution is -0.154. The van der Waals surface area contributed by atoms with Gasteiger partial charge in [-0.25, -0.2) is 0 Å². The standard InChI is InChI=1S/C22H26O6/c1-27-21-10-14(8-18(25)22(21)26)19-11-17(24)16-7-4-13(9-20(16)28-19)12-2-5-15(23)6-3-12/h2-3,5-6,8,10,13,16-17,19-20,23-26H,4,7,9,11H2,1H3/t13-,16+,17+,19-,20+/m1/s1. The number of fused-ring (bicyclic) bond motifs is 1. The van der Waals surface area contributed by atoms with E-state index in [1.54, 1.807) is 18.2 Å². The molecule has 0 spiro atoms. The maximum absolute atomic E-state index is 10.7. The Morgan fingerprint density at radius 3 is 2.43 bits per heavy atom. The number of hydrogen-bond donors (Lipinski definition) is 4. The van der Waals surface area contributed by atoms with Crippen molar-refractivity contribution in [2.75, 3.05) is 7.11 Å². The summed E-state index contributed by atoms with van der Waals surface area (Å²) < 4.78 is 11.5. The fraction of sp³-hybridized carbons (Fsp3) is 0.455. The van der Waals surface area contributed by atoms with Crippen LogP contribution in [0.4, 0.5) is 0 Å². The van der Waals surface area contributed by atoms with Crippen molar-refractivity contribution in [1.29, 1.82) is 0 Å². The van der Waals surface area contributed by atoms with E-state index in [4.69, 9.17) is 9.47 Å². The lowest BCUT2D eigenvalue weighted by atomic mass is 9.72. The first-order chi connectivity index (χ1) is 13.5. The molecule has 28 heavy (non-hydrogen) atoms. The molecule has 2 aromatic rings. The smallest absolute Gasteiger partial charge is 0.200 e. The van der Waals surface area contributed by atoms with Crippen molar-refractivity contribution >= 4 is 0 Å². The van der Waals surface area contributed by atoms with Gasteiger partial charge in [-0.3, -0.25) is 0 Å². The quantitative estimate of drug-likeness (QED) is 0.602. The largest absolute Gasteiger partial charge is 0.508 e. The predicted molar refractivity (Wildman–Crippen MR) is 103 cm³/mol. The molecular weight excluding hydrogens is 360 g/mol. The second-order valence-corrected chi connectivity index (χ2v) is 7.82. The van der Waals surface area contributed by atoms with Gasteiger partial charge in [0.1, 0.15) is 5.75 Å². The molecule has 0 bridgehead atoms. The van der Waals surface area contributed by atoms with Crippen molar-refractivity contribution in [3.8, 4) is 23.0 Å². The number of rotatable bonds is 3. The van der Waals surface area contributed by atoms with Crippen LogP contribution in [-0.2, 0) is 4.74 Å². The minimum Gasteiger partial charge on any atom is -0.508 e. The topological polar surface area (TPSA) is 99.4 Å². The van der Waals surface area contributed by atoms with Gasteiger partial charge in [-0.1, -0.05) is 12.1 Å². The molecule has 2 aliphatic rings. The second kappa shape index (κ2) is 7.53. The molecule has 1 aliphatic carbocycles. The van der Waals surface area contributed by atoms with Crippen molar-refractivity contribution < 1.29 is 29.9 Å². The van der Waals surface area contributed by atoms with Gasteiger partial charge in [0.25, 0.3) is 0 Å². The predicted octanol–water partition coefficient (Wildman–Crippen LogP) is 3.59. The van der Waals surface area contributed by atoms with Gasteiger partial charge in [-0.05, 0) is 60.6 Å². The van der Waals surface area contributed by atoms with E-state index in [0.717, 1.165) is 19.3 Å². The molecule has 6 nitrogen and oxygen atoms in total. The molecular formula is C22H26O6. The number of aromatic hydroxyl groups is 3. The Labute approximate surface area is 164 Å². The third-order valence-electron chi connectivity index (χ3n) is 6.17. The molecule has 1 saturated carbocycles. The molecule has 0 unspecified atom stereocenters. The van der Waals surface area contributed by atoms with Crippen LogP contribution in [0.1, 0.15) is 48.8 Å². The lowest BCUT2D eigenvalue weighted by Gasteiger charge is -2.45. The van der Waals surface area contributed by atoms with Crippen LogP contribution in [0.15, 0.2) is 36.4 Å². The van der Waals surface area contributed by atoms with Crippen LogP contribution in [0.3, 0.4) is 0 Å². The second-order valence-electron chi connectivity index (χ2n) is 7.82. The summed E-state index contributed by atoms with van der Waals surface area (Å²) in [4.78, 5) is 0. The minimum absolute atomic E-state index is 0.0942. The number of phenolic OH excluding ortho intramolecular Hbond substituents is 3. The van der Waals surface area contributed by atoms with Gasteiger partial charge in [0, 0.05) is 12.3 Å². The number of methoxy groups -OCH3 is 1. The van der Waals surface area contributed by atoms with E-state index < -0.39 is 6.10 Å². The molecule has 2 fully saturated rings. The molecule has 4 N–H and O–H groups in total. The minimum atomic E-state index is -0.480. The van der Waals surface area contributed by atoms with Crippen LogP contribution in [0, 0.1) is 5.92 Å². The summed E-state index contributed by atoms with van der Waals surface area (Å²) in [5, 5.41) is 40.1. The van der Waals surface area contributed by atoms with Gasteiger partial charge in [0.05, 0.1) is 25.4 Å². The Balaban J connectivity index is 1.55. The summed E-state index contributed by atoms with van der Waals surface area (Å²) in [6, 6.07) is 10.4. The van der Waals surface area contributed by atoms with Crippen LogP contribution in [-0.4, -0.2) is 39.7 Å². The monoisotopic (exact) mass is 386 g/mol. The van der Waals surface area contributed by atoms with Gasteiger partial charge >= 0.3 is 0 Å². The highest BCUT2D eigenvalue weighted by atomic mass is 16.5. The Bertz CT molecular complexity index is 834. The fourth-order valence-corrected chi connectivity index (χ4v) is 4.63. The van der Waals surface area contributed by atoms with Gasteiger partial charge in [-0.2, -0.15) is 0 Å². The average molecular weight is 386 g/mol. The van der Waals surface area contributed by atoms with Crippen molar-refractivity contribution in [3.63, 3.8) is 0 Å². The van der Waals surface area contributed by atoms with Crippen LogP contribution in [0.5, 0.6) is 23.0 Å². The Hall–Kier alpha value is -2.44. The van der Waals surface area contributed by atoms with Gasteiger partial charge < -0.3 is 29.9 Å². The SMILES string of the molecule is COc1cc([C@H]2C[C@H](O)[C@@H]3CC[C@@H](c4ccc(O)cc4)C[C@@H]3O2)cc(O)c1O. The summed E-state index contributed by atoms with van der Waals surface area (Å²) >= 11 is 0. The zero-order chi connectivity index (χ0) is 19.8. The Morgan fingerprint density at radius 1 is 0.964 bits per heavy atom. The third kappa shape index (κ3) is 3.50. The van der Waals surface area contributed by atoms with Crippen molar-refractivity contribution in [2.24, 2.45) is 5.92 Å². The summed E-state index contributed by atoms with van der Waals surface area (Å²) in [6.07, 6.45) is 2.15. The van der Waals surface area contributed by atoms with E-state index in [1.807, 2.05) is 12.1 Å². The average Bonchev–Trinajstić information content (AvgIpc) is 2.70. The molecule has 150 valence electrons. The number of hydrogen-bond acceptors (Lipinski definition) is 6. The number of aliphatic hydroxyl groups excluding tert-OH is 1. The molecule has 5 atom stereocenters.